The van der Waals surface area contributed by atoms with Crippen molar-refractivity contribution in [2.45, 2.75) is 38.2 Å². The Morgan fingerprint density at radius 2 is 1.91 bits per heavy atom. The number of hydrogen-bond acceptors (Lipinski definition) is 3. The molecule has 2 aromatic rings. The predicted molar refractivity (Wildman–Crippen MR) is 84.4 cm³/mol. The zero-order valence-electron chi connectivity index (χ0n) is 12.6. The summed E-state index contributed by atoms with van der Waals surface area (Å²) in [5.74, 6) is 2.42. The van der Waals surface area contributed by atoms with E-state index in [-0.39, 0.29) is 6.10 Å². The van der Waals surface area contributed by atoms with Crippen LogP contribution >= 0.6 is 0 Å². The Morgan fingerprint density at radius 3 is 2.73 bits per heavy atom. The van der Waals surface area contributed by atoms with Crippen LogP contribution in [-0.4, -0.2) is 10.2 Å². The molecule has 1 aliphatic heterocycles. The van der Waals surface area contributed by atoms with Crippen LogP contribution in [0.3, 0.4) is 0 Å². The first-order chi connectivity index (χ1) is 10.6. The van der Waals surface area contributed by atoms with Gasteiger partial charge in [0.1, 0.15) is 23.4 Å². The first-order valence-corrected chi connectivity index (χ1v) is 7.92. The number of aryl methyl sites for hydroxylation is 1. The normalized spacial score (nSPS) is 26.1. The minimum absolute atomic E-state index is 0.0313. The van der Waals surface area contributed by atoms with Gasteiger partial charge in [0.15, 0.2) is 0 Å². The van der Waals surface area contributed by atoms with Crippen molar-refractivity contribution in [1.29, 1.82) is 0 Å². The van der Waals surface area contributed by atoms with Crippen LogP contribution in [0.15, 0.2) is 36.4 Å². The summed E-state index contributed by atoms with van der Waals surface area (Å²) in [5.41, 5.74) is 3.16. The molecular weight excluding hydrogens is 276 g/mol. The van der Waals surface area contributed by atoms with E-state index in [1.54, 1.807) is 12.1 Å². The van der Waals surface area contributed by atoms with Crippen LogP contribution in [0, 0.1) is 12.8 Å². The predicted octanol–water partition coefficient (Wildman–Crippen LogP) is 4.42. The zero-order chi connectivity index (χ0) is 15.3. The molecule has 3 heteroatoms. The molecule has 1 saturated carbocycles. The summed E-state index contributed by atoms with van der Waals surface area (Å²) in [4.78, 5) is 0. The van der Waals surface area contributed by atoms with Crippen LogP contribution in [0.25, 0.3) is 0 Å². The van der Waals surface area contributed by atoms with E-state index in [9.17, 15) is 10.2 Å². The summed E-state index contributed by atoms with van der Waals surface area (Å²) in [6.07, 6.45) is 3.52. The van der Waals surface area contributed by atoms with Crippen molar-refractivity contribution < 1.29 is 14.9 Å². The Labute approximate surface area is 130 Å². The summed E-state index contributed by atoms with van der Waals surface area (Å²) in [6, 6.07) is 11.2. The van der Waals surface area contributed by atoms with Crippen LogP contribution in [0.2, 0.25) is 0 Å². The van der Waals surface area contributed by atoms with Gasteiger partial charge in [-0.1, -0.05) is 12.5 Å². The fourth-order valence-corrected chi connectivity index (χ4v) is 4.07. The molecule has 1 heterocycles. The van der Waals surface area contributed by atoms with Gasteiger partial charge in [-0.05, 0) is 67.1 Å². The van der Waals surface area contributed by atoms with Crippen LogP contribution in [0.1, 0.15) is 48.0 Å². The van der Waals surface area contributed by atoms with Gasteiger partial charge in [-0.25, -0.2) is 0 Å². The molecule has 22 heavy (non-hydrogen) atoms. The number of phenolic OH excluding ortho intramolecular Hbond substituents is 2. The molecule has 2 aliphatic rings. The van der Waals surface area contributed by atoms with E-state index < -0.39 is 0 Å². The molecule has 0 unspecified atom stereocenters. The maximum atomic E-state index is 9.77. The maximum Gasteiger partial charge on any atom is 0.127 e. The average molecular weight is 296 g/mol. The monoisotopic (exact) mass is 296 g/mol. The van der Waals surface area contributed by atoms with Gasteiger partial charge in [-0.15, -0.1) is 0 Å². The third-order valence-corrected chi connectivity index (χ3v) is 5.15. The topological polar surface area (TPSA) is 49.7 Å². The lowest BCUT2D eigenvalue weighted by molar-refractivity contribution is 0.104. The first kappa shape index (κ1) is 13.5. The lowest BCUT2D eigenvalue weighted by Gasteiger charge is -2.36. The number of hydrogen-bond donors (Lipinski definition) is 2. The lowest BCUT2D eigenvalue weighted by atomic mass is 9.80. The molecule has 0 bridgehead atoms. The zero-order valence-corrected chi connectivity index (χ0v) is 12.6. The molecule has 114 valence electrons. The van der Waals surface area contributed by atoms with Crippen molar-refractivity contribution >= 4 is 0 Å². The van der Waals surface area contributed by atoms with Gasteiger partial charge < -0.3 is 14.9 Å². The van der Waals surface area contributed by atoms with Crippen LogP contribution < -0.4 is 4.74 Å². The number of benzene rings is 2. The molecule has 0 spiro atoms. The quantitative estimate of drug-likeness (QED) is 0.818. The van der Waals surface area contributed by atoms with E-state index in [0.29, 0.717) is 23.3 Å². The summed E-state index contributed by atoms with van der Waals surface area (Å²) in [7, 11) is 0. The molecule has 0 saturated heterocycles. The van der Waals surface area contributed by atoms with E-state index in [0.717, 1.165) is 35.3 Å². The Hall–Kier alpha value is -2.16. The first-order valence-electron chi connectivity index (χ1n) is 7.92. The van der Waals surface area contributed by atoms with E-state index in [4.69, 9.17) is 4.74 Å². The van der Waals surface area contributed by atoms with Crippen LogP contribution in [0.5, 0.6) is 17.2 Å². The molecule has 0 aromatic heterocycles. The Kier molecular flexibility index (Phi) is 3.03. The fourth-order valence-electron chi connectivity index (χ4n) is 4.07. The Morgan fingerprint density at radius 1 is 1.05 bits per heavy atom. The van der Waals surface area contributed by atoms with Crippen molar-refractivity contribution in [3.8, 4) is 17.2 Å². The highest BCUT2D eigenvalue weighted by Crippen LogP contribution is 2.54. The molecule has 4 rings (SSSR count). The molecule has 3 atom stereocenters. The van der Waals surface area contributed by atoms with Crippen molar-refractivity contribution in [1.82, 2.24) is 0 Å². The van der Waals surface area contributed by atoms with Crippen molar-refractivity contribution in [2.75, 3.05) is 0 Å². The van der Waals surface area contributed by atoms with Gasteiger partial charge in [0.2, 0.25) is 0 Å². The summed E-state index contributed by atoms with van der Waals surface area (Å²) >= 11 is 0. The van der Waals surface area contributed by atoms with Crippen LogP contribution in [0.4, 0.5) is 0 Å². The van der Waals surface area contributed by atoms with E-state index in [1.807, 2.05) is 31.2 Å². The maximum absolute atomic E-state index is 9.77. The van der Waals surface area contributed by atoms with E-state index in [2.05, 4.69) is 0 Å². The van der Waals surface area contributed by atoms with Gasteiger partial charge in [0.25, 0.3) is 0 Å². The largest absolute Gasteiger partial charge is 0.508 e. The minimum atomic E-state index is 0.0313. The highest BCUT2D eigenvalue weighted by Gasteiger charge is 2.42. The third-order valence-electron chi connectivity index (χ3n) is 5.15. The number of aromatic hydroxyl groups is 2. The molecule has 1 aliphatic carbocycles. The smallest absolute Gasteiger partial charge is 0.127 e. The Balaban J connectivity index is 1.78. The van der Waals surface area contributed by atoms with Gasteiger partial charge in [-0.2, -0.15) is 0 Å². The third kappa shape index (κ3) is 2.04. The second-order valence-electron chi connectivity index (χ2n) is 6.51. The summed E-state index contributed by atoms with van der Waals surface area (Å²) < 4.78 is 6.29. The van der Waals surface area contributed by atoms with Gasteiger partial charge in [-0.3, -0.25) is 0 Å². The van der Waals surface area contributed by atoms with E-state index in [1.165, 1.54) is 6.42 Å². The second-order valence-corrected chi connectivity index (χ2v) is 6.51. The minimum Gasteiger partial charge on any atom is -0.508 e. The van der Waals surface area contributed by atoms with Crippen molar-refractivity contribution in [3.05, 3.63) is 53.1 Å². The number of ether oxygens (including phenoxy) is 1. The van der Waals surface area contributed by atoms with Crippen LogP contribution in [-0.2, 0) is 0 Å². The average Bonchev–Trinajstić information content (AvgIpc) is 2.99. The fraction of sp³-hybridized carbons (Fsp3) is 0.368. The highest BCUT2D eigenvalue weighted by atomic mass is 16.5. The SMILES string of the molecule is Cc1cc([C@@H]2Oc3ccc(O)cc3[C@H]3CCC[C@H]32)ccc1O. The molecule has 0 amide bonds. The molecule has 2 aromatic carbocycles. The number of phenols is 2. The van der Waals surface area contributed by atoms with E-state index >= 15 is 0 Å². The highest BCUT2D eigenvalue weighted by molar-refractivity contribution is 5.46. The number of rotatable bonds is 1. The molecule has 2 N–H and O–H groups in total. The van der Waals surface area contributed by atoms with Gasteiger partial charge >= 0.3 is 0 Å². The second kappa shape index (κ2) is 4.94. The molecule has 1 fully saturated rings. The van der Waals surface area contributed by atoms with Gasteiger partial charge in [0.05, 0.1) is 0 Å². The molecular formula is C19H20O3. The summed E-state index contributed by atoms with van der Waals surface area (Å²) in [5, 5.41) is 19.5. The summed E-state index contributed by atoms with van der Waals surface area (Å²) in [6.45, 7) is 1.92. The lowest BCUT2D eigenvalue weighted by Crippen LogP contribution is -2.26. The standard InChI is InChI=1S/C19H20O3/c1-11-9-12(5-7-17(11)21)19-15-4-2-3-14(15)16-10-13(20)6-8-18(16)22-19/h5-10,14-15,19-21H,2-4H2,1H3/t14-,15+,19-/m0/s1. The molecule has 0 radical (unpaired) electrons. The molecule has 3 nitrogen and oxygen atoms in total. The Bertz CT molecular complexity index is 723. The number of fused-ring (bicyclic) bond motifs is 3. The van der Waals surface area contributed by atoms with Gasteiger partial charge in [0, 0.05) is 11.5 Å². The van der Waals surface area contributed by atoms with Crippen molar-refractivity contribution in [2.24, 2.45) is 5.92 Å². The van der Waals surface area contributed by atoms with Crippen molar-refractivity contribution in [3.63, 3.8) is 0 Å².